The molecule has 2 aliphatic heterocycles. The molecule has 70 heavy (non-hydrogen) atoms. The van der Waals surface area contributed by atoms with Crippen LogP contribution in [0.15, 0.2) is 36.5 Å². The average Bonchev–Trinajstić information content (AvgIpc) is 3.36. The first kappa shape index (κ1) is 64.3. The van der Waals surface area contributed by atoms with Gasteiger partial charge in [-0.15, -0.1) is 0 Å². The Kier molecular flexibility index (Phi) is 39.1. The largest absolute Gasteiger partial charge is 0.394 e. The topological polar surface area (TPSA) is 228 Å². The standard InChI is InChI=1S/C56H103NO13/c1-3-5-7-9-11-13-15-17-19-21-22-24-26-28-30-32-34-36-38-40-48(61)57-44(45(60)39-37-35-33-31-29-27-25-23-20-18-16-14-12-10-8-6-4-2)43-67-55-53(66)51(64)54(47(42-59)69-55)70-56-52(65)50(63)49(62)46(41-58)68-56/h20,23,29,31,37,39,44-47,49-56,58-60,62-66H,3-19,21-22,24-28,30,32-36,38,40-43H2,1-2H3,(H,57,61)/b23-20+,31-29+,39-37+. The van der Waals surface area contributed by atoms with Gasteiger partial charge in [-0.2, -0.15) is 0 Å². The zero-order valence-electron chi connectivity index (χ0n) is 43.8. The minimum atomic E-state index is -1.79. The molecule has 0 aromatic carbocycles. The molecular formula is C56H103NO13. The lowest BCUT2D eigenvalue weighted by Crippen LogP contribution is -2.65. The molecule has 2 aliphatic rings. The van der Waals surface area contributed by atoms with Crippen LogP contribution >= 0.6 is 0 Å². The van der Waals surface area contributed by atoms with Crippen molar-refractivity contribution in [3.05, 3.63) is 36.5 Å². The number of carbonyl (C=O) groups excluding carboxylic acids is 1. The first-order valence-corrected chi connectivity index (χ1v) is 28.2. The van der Waals surface area contributed by atoms with Gasteiger partial charge in [0.25, 0.3) is 0 Å². The number of carbonyl (C=O) groups is 1. The maximum absolute atomic E-state index is 13.2. The summed E-state index contributed by atoms with van der Waals surface area (Å²) < 4.78 is 22.7. The van der Waals surface area contributed by atoms with E-state index < -0.39 is 86.8 Å². The van der Waals surface area contributed by atoms with Gasteiger partial charge in [0.05, 0.1) is 32.0 Å². The van der Waals surface area contributed by atoms with Gasteiger partial charge in [0.1, 0.15) is 48.8 Å². The van der Waals surface area contributed by atoms with E-state index in [1.165, 1.54) is 141 Å². The van der Waals surface area contributed by atoms with Crippen molar-refractivity contribution < 1.29 is 64.6 Å². The minimum absolute atomic E-state index is 0.251. The molecule has 2 fully saturated rings. The summed E-state index contributed by atoms with van der Waals surface area (Å²) in [6.07, 6.45) is 33.2. The van der Waals surface area contributed by atoms with E-state index in [0.717, 1.165) is 44.9 Å². The SMILES string of the molecule is CCCCCCCCC/C=C/CC/C=C/CC/C=C/C(O)C(COC1OC(CO)C(OC2OC(CO)C(O)C(O)C2O)C(O)C1O)NC(=O)CCCCCCCCCCCCCCCCCCCCC. The molecule has 9 N–H and O–H groups in total. The van der Waals surface area contributed by atoms with Crippen LogP contribution < -0.4 is 5.32 Å². The molecule has 14 nitrogen and oxygen atoms in total. The quantitative estimate of drug-likeness (QED) is 0.0206. The fraction of sp³-hybridized carbons (Fsp3) is 0.875. The van der Waals surface area contributed by atoms with Gasteiger partial charge in [0, 0.05) is 6.42 Å². The second kappa shape index (κ2) is 42.6. The van der Waals surface area contributed by atoms with Crippen LogP contribution in [0.5, 0.6) is 0 Å². The highest BCUT2D eigenvalue weighted by Gasteiger charge is 2.51. The lowest BCUT2D eigenvalue weighted by atomic mass is 9.97. The number of hydrogen-bond donors (Lipinski definition) is 9. The molecule has 410 valence electrons. The molecule has 12 unspecified atom stereocenters. The maximum atomic E-state index is 13.2. The molecule has 0 aliphatic carbocycles. The molecule has 0 saturated carbocycles. The summed E-state index contributed by atoms with van der Waals surface area (Å²) in [7, 11) is 0. The van der Waals surface area contributed by atoms with Crippen LogP contribution in [0, 0.1) is 0 Å². The second-order valence-electron chi connectivity index (χ2n) is 20.1. The normalized spacial score (nSPS) is 26.2. The van der Waals surface area contributed by atoms with Gasteiger partial charge in [0.2, 0.25) is 5.91 Å². The number of nitrogens with one attached hydrogen (secondary N) is 1. The van der Waals surface area contributed by atoms with Gasteiger partial charge < -0.3 is 65.1 Å². The van der Waals surface area contributed by atoms with Gasteiger partial charge in [-0.05, 0) is 44.9 Å². The summed E-state index contributed by atoms with van der Waals surface area (Å²) in [5.74, 6) is -0.251. The third-order valence-electron chi connectivity index (χ3n) is 13.8. The summed E-state index contributed by atoms with van der Waals surface area (Å²) in [6.45, 7) is 2.77. The predicted molar refractivity (Wildman–Crippen MR) is 277 cm³/mol. The van der Waals surface area contributed by atoms with E-state index in [9.17, 15) is 45.6 Å². The highest BCUT2D eigenvalue weighted by atomic mass is 16.7. The number of amides is 1. The lowest BCUT2D eigenvalue weighted by Gasteiger charge is -2.46. The van der Waals surface area contributed by atoms with Crippen molar-refractivity contribution in [2.75, 3.05) is 19.8 Å². The van der Waals surface area contributed by atoms with E-state index in [0.29, 0.717) is 12.8 Å². The highest BCUT2D eigenvalue weighted by Crippen LogP contribution is 2.30. The number of aliphatic hydroxyl groups is 8. The van der Waals surface area contributed by atoms with Crippen molar-refractivity contribution in [1.82, 2.24) is 5.32 Å². The third kappa shape index (κ3) is 28.6. The van der Waals surface area contributed by atoms with Gasteiger partial charge in [0.15, 0.2) is 12.6 Å². The van der Waals surface area contributed by atoms with Crippen molar-refractivity contribution in [3.63, 3.8) is 0 Å². The molecule has 14 heteroatoms. The molecule has 0 spiro atoms. The lowest BCUT2D eigenvalue weighted by molar-refractivity contribution is -0.359. The Morgan fingerprint density at radius 1 is 0.500 bits per heavy atom. The van der Waals surface area contributed by atoms with Crippen molar-refractivity contribution in [2.24, 2.45) is 0 Å². The van der Waals surface area contributed by atoms with E-state index in [4.69, 9.17) is 18.9 Å². The number of ether oxygens (including phenoxy) is 4. The number of allylic oxidation sites excluding steroid dienone is 5. The molecule has 1 amide bonds. The van der Waals surface area contributed by atoms with Crippen LogP contribution in [0.3, 0.4) is 0 Å². The number of aliphatic hydroxyl groups excluding tert-OH is 8. The Hall–Kier alpha value is -1.79. The van der Waals surface area contributed by atoms with Crippen LogP contribution in [-0.4, -0.2) is 140 Å². The molecule has 2 rings (SSSR count). The fourth-order valence-corrected chi connectivity index (χ4v) is 9.21. The van der Waals surface area contributed by atoms with E-state index in [1.807, 2.05) is 6.08 Å². The summed E-state index contributed by atoms with van der Waals surface area (Å²) >= 11 is 0. The predicted octanol–water partition coefficient (Wildman–Crippen LogP) is 8.66. The second-order valence-corrected chi connectivity index (χ2v) is 20.1. The van der Waals surface area contributed by atoms with Crippen LogP contribution in [0.25, 0.3) is 0 Å². The molecular weight excluding hydrogens is 895 g/mol. The first-order valence-electron chi connectivity index (χ1n) is 28.2. The Bertz CT molecular complexity index is 1320. The monoisotopic (exact) mass is 998 g/mol. The summed E-state index contributed by atoms with van der Waals surface area (Å²) in [5, 5.41) is 86.9. The Morgan fingerprint density at radius 3 is 1.40 bits per heavy atom. The molecule has 12 atom stereocenters. The van der Waals surface area contributed by atoms with E-state index in [2.05, 4.69) is 43.5 Å². The molecule has 0 aromatic rings. The van der Waals surface area contributed by atoms with Gasteiger partial charge in [-0.3, -0.25) is 4.79 Å². The molecule has 2 saturated heterocycles. The first-order chi connectivity index (χ1) is 34.1. The number of hydrogen-bond acceptors (Lipinski definition) is 13. The van der Waals surface area contributed by atoms with Gasteiger partial charge >= 0.3 is 0 Å². The number of unbranched alkanes of at least 4 members (excludes halogenated alkanes) is 27. The van der Waals surface area contributed by atoms with E-state index >= 15 is 0 Å². The average molecular weight is 998 g/mol. The summed E-state index contributed by atoms with van der Waals surface area (Å²) in [4.78, 5) is 13.2. The minimum Gasteiger partial charge on any atom is -0.394 e. The van der Waals surface area contributed by atoms with Crippen LogP contribution in [0.4, 0.5) is 0 Å². The van der Waals surface area contributed by atoms with Crippen LogP contribution in [-0.2, 0) is 23.7 Å². The molecule has 0 radical (unpaired) electrons. The smallest absolute Gasteiger partial charge is 0.220 e. The number of rotatable bonds is 44. The van der Waals surface area contributed by atoms with Gasteiger partial charge in [-0.25, -0.2) is 0 Å². The summed E-state index contributed by atoms with van der Waals surface area (Å²) in [6, 6.07) is -0.934. The Balaban J connectivity index is 1.82. The van der Waals surface area contributed by atoms with Crippen molar-refractivity contribution in [1.29, 1.82) is 0 Å². The van der Waals surface area contributed by atoms with Crippen LogP contribution in [0.2, 0.25) is 0 Å². The highest BCUT2D eigenvalue weighted by molar-refractivity contribution is 5.76. The zero-order valence-corrected chi connectivity index (χ0v) is 43.8. The zero-order chi connectivity index (χ0) is 51.0. The fourth-order valence-electron chi connectivity index (χ4n) is 9.21. The third-order valence-corrected chi connectivity index (χ3v) is 13.8. The van der Waals surface area contributed by atoms with Crippen molar-refractivity contribution in [3.8, 4) is 0 Å². The molecule has 0 bridgehead atoms. The summed E-state index contributed by atoms with van der Waals surface area (Å²) in [5.41, 5.74) is 0. The van der Waals surface area contributed by atoms with E-state index in [-0.39, 0.29) is 18.9 Å². The molecule has 2 heterocycles. The maximum Gasteiger partial charge on any atom is 0.220 e. The Morgan fingerprint density at radius 2 is 0.914 bits per heavy atom. The molecule has 0 aromatic heterocycles. The van der Waals surface area contributed by atoms with Crippen molar-refractivity contribution in [2.45, 2.75) is 293 Å². The van der Waals surface area contributed by atoms with Crippen LogP contribution in [0.1, 0.15) is 219 Å². The van der Waals surface area contributed by atoms with Gasteiger partial charge in [-0.1, -0.05) is 204 Å². The van der Waals surface area contributed by atoms with E-state index in [1.54, 1.807) is 6.08 Å². The van der Waals surface area contributed by atoms with Crippen molar-refractivity contribution >= 4 is 5.91 Å². The Labute approximate surface area is 423 Å².